The van der Waals surface area contributed by atoms with E-state index in [1.807, 2.05) is 25.1 Å². The van der Waals surface area contributed by atoms with Crippen LogP contribution in [0.15, 0.2) is 48.7 Å². The molecule has 8 heteroatoms. The smallest absolute Gasteiger partial charge is 0.259 e. The lowest BCUT2D eigenvalue weighted by Crippen LogP contribution is -2.22. The summed E-state index contributed by atoms with van der Waals surface area (Å²) in [7, 11) is 0. The zero-order chi connectivity index (χ0) is 21.3. The number of nitrogens with one attached hydrogen (secondary N) is 1. The molecular formula is C22H22ClN5O2. The Hall–Kier alpha value is -3.32. The van der Waals surface area contributed by atoms with E-state index in [4.69, 9.17) is 17.3 Å². The van der Waals surface area contributed by atoms with Gasteiger partial charge in [0.25, 0.3) is 5.91 Å². The first-order chi connectivity index (χ1) is 14.4. The quantitative estimate of drug-likeness (QED) is 0.653. The number of primary amides is 1. The van der Waals surface area contributed by atoms with E-state index in [2.05, 4.69) is 15.3 Å². The maximum Gasteiger partial charge on any atom is 0.259 e. The average molecular weight is 424 g/mol. The van der Waals surface area contributed by atoms with Crippen LogP contribution in [0.2, 0.25) is 5.02 Å². The predicted octanol–water partition coefficient (Wildman–Crippen LogP) is 3.79. The summed E-state index contributed by atoms with van der Waals surface area (Å²) in [5, 5.41) is 7.93. The molecule has 1 fully saturated rings. The third-order valence-electron chi connectivity index (χ3n) is 5.30. The van der Waals surface area contributed by atoms with E-state index >= 15 is 0 Å². The van der Waals surface area contributed by atoms with Crippen LogP contribution in [0.4, 0.5) is 11.4 Å². The Morgan fingerprint density at radius 3 is 2.47 bits per heavy atom. The van der Waals surface area contributed by atoms with Crippen molar-refractivity contribution in [3.63, 3.8) is 0 Å². The zero-order valence-corrected chi connectivity index (χ0v) is 17.3. The Morgan fingerprint density at radius 2 is 1.80 bits per heavy atom. The molecule has 0 saturated carbocycles. The molecule has 1 aliphatic heterocycles. The Bertz CT molecular complexity index is 1100. The highest BCUT2D eigenvalue weighted by atomic mass is 35.5. The van der Waals surface area contributed by atoms with Crippen molar-refractivity contribution in [2.45, 2.75) is 19.8 Å². The molecular weight excluding hydrogens is 402 g/mol. The van der Waals surface area contributed by atoms with Gasteiger partial charge in [-0.25, -0.2) is 4.68 Å². The van der Waals surface area contributed by atoms with Crippen LogP contribution < -0.4 is 16.0 Å². The molecule has 0 aliphatic carbocycles. The summed E-state index contributed by atoms with van der Waals surface area (Å²) < 4.78 is 1.69. The van der Waals surface area contributed by atoms with E-state index in [9.17, 15) is 9.59 Å². The Labute approximate surface area is 179 Å². The molecule has 0 radical (unpaired) electrons. The molecule has 0 atom stereocenters. The first kappa shape index (κ1) is 20.0. The molecule has 3 N–H and O–H groups in total. The number of nitrogens with two attached hydrogens (primary N) is 1. The predicted molar refractivity (Wildman–Crippen MR) is 118 cm³/mol. The molecule has 7 nitrogen and oxygen atoms in total. The number of anilines is 2. The number of hydrogen-bond donors (Lipinski definition) is 2. The minimum absolute atomic E-state index is 0.296. The molecule has 0 bridgehead atoms. The van der Waals surface area contributed by atoms with Crippen molar-refractivity contribution < 1.29 is 9.59 Å². The fraction of sp³-hybridized carbons (Fsp3) is 0.227. The third kappa shape index (κ3) is 3.89. The Balaban J connectivity index is 1.64. The van der Waals surface area contributed by atoms with Gasteiger partial charge < -0.3 is 16.0 Å². The third-order valence-corrected chi connectivity index (χ3v) is 5.55. The minimum atomic E-state index is -0.537. The van der Waals surface area contributed by atoms with E-state index in [-0.39, 0.29) is 5.91 Å². The number of carbonyl (C=O) groups excluding carboxylic acids is 2. The van der Waals surface area contributed by atoms with Crippen LogP contribution in [0, 0.1) is 6.92 Å². The monoisotopic (exact) mass is 423 g/mol. The van der Waals surface area contributed by atoms with Crippen LogP contribution in [0.1, 0.15) is 39.3 Å². The van der Waals surface area contributed by atoms with Crippen molar-refractivity contribution >= 4 is 34.8 Å². The van der Waals surface area contributed by atoms with Crippen molar-refractivity contribution in [3.05, 3.63) is 70.5 Å². The lowest BCUT2D eigenvalue weighted by Gasteiger charge is -2.22. The van der Waals surface area contributed by atoms with Gasteiger partial charge in [-0.3, -0.25) is 9.59 Å². The fourth-order valence-corrected chi connectivity index (χ4v) is 3.81. The van der Waals surface area contributed by atoms with Crippen LogP contribution in [-0.4, -0.2) is 34.7 Å². The zero-order valence-electron chi connectivity index (χ0n) is 16.6. The molecule has 2 aromatic carbocycles. The molecule has 0 unspecified atom stereocenters. The second-order valence-corrected chi connectivity index (χ2v) is 7.71. The van der Waals surface area contributed by atoms with Gasteiger partial charge in [-0.1, -0.05) is 11.6 Å². The van der Waals surface area contributed by atoms with Gasteiger partial charge in [0.15, 0.2) is 0 Å². The fourth-order valence-electron chi connectivity index (χ4n) is 3.69. The maximum absolute atomic E-state index is 13.1. The molecule has 1 saturated heterocycles. The normalized spacial score (nSPS) is 13.5. The first-order valence-corrected chi connectivity index (χ1v) is 10.1. The van der Waals surface area contributed by atoms with Crippen LogP contribution in [0.3, 0.4) is 0 Å². The number of amides is 2. The Kier molecular flexibility index (Phi) is 5.46. The van der Waals surface area contributed by atoms with Gasteiger partial charge in [0.2, 0.25) is 5.91 Å². The number of halogens is 1. The lowest BCUT2D eigenvalue weighted by molar-refractivity contribution is 0.0996. The van der Waals surface area contributed by atoms with Crippen LogP contribution in [-0.2, 0) is 0 Å². The molecule has 0 spiro atoms. The topological polar surface area (TPSA) is 93.2 Å². The number of rotatable bonds is 5. The second-order valence-electron chi connectivity index (χ2n) is 7.28. The number of benzene rings is 2. The summed E-state index contributed by atoms with van der Waals surface area (Å²) in [5.74, 6) is -0.833. The summed E-state index contributed by atoms with van der Waals surface area (Å²) >= 11 is 5.96. The highest BCUT2D eigenvalue weighted by Crippen LogP contribution is 2.31. The molecule has 154 valence electrons. The van der Waals surface area contributed by atoms with E-state index < -0.39 is 5.91 Å². The van der Waals surface area contributed by atoms with E-state index in [0.717, 1.165) is 37.3 Å². The number of hydrogen-bond acceptors (Lipinski definition) is 4. The van der Waals surface area contributed by atoms with Crippen molar-refractivity contribution in [2.24, 2.45) is 5.73 Å². The number of aromatic nitrogens is 2. The molecule has 3 aromatic rings. The first-order valence-electron chi connectivity index (χ1n) is 9.75. The van der Waals surface area contributed by atoms with E-state index in [1.165, 1.54) is 6.20 Å². The van der Waals surface area contributed by atoms with Gasteiger partial charge >= 0.3 is 0 Å². The standard InChI is InChI=1S/C22H22ClN5O2/c1-14-18(13-25-28(14)17-7-5-16(23)6-8-17)22(30)26-19-12-15(21(24)29)4-9-20(19)27-10-2-3-11-27/h4-9,12-13H,2-3,10-11H2,1H3,(H2,24,29)(H,26,30). The molecule has 2 heterocycles. The van der Waals surface area contributed by atoms with Gasteiger partial charge in [0, 0.05) is 23.7 Å². The van der Waals surface area contributed by atoms with Gasteiger partial charge in [0.1, 0.15) is 0 Å². The van der Waals surface area contributed by atoms with Crippen molar-refractivity contribution in [1.82, 2.24) is 9.78 Å². The summed E-state index contributed by atoms with van der Waals surface area (Å²) in [6.07, 6.45) is 3.72. The number of carbonyl (C=O) groups is 2. The Morgan fingerprint density at radius 1 is 1.10 bits per heavy atom. The summed E-state index contributed by atoms with van der Waals surface area (Å²) in [6, 6.07) is 12.4. The SMILES string of the molecule is Cc1c(C(=O)Nc2cc(C(N)=O)ccc2N2CCCC2)cnn1-c1ccc(Cl)cc1. The summed E-state index contributed by atoms with van der Waals surface area (Å²) in [5.41, 5.74) is 9.19. The van der Waals surface area contributed by atoms with Gasteiger partial charge in [0.05, 0.1) is 34.5 Å². The van der Waals surface area contributed by atoms with Crippen molar-refractivity contribution in [3.8, 4) is 5.69 Å². The van der Waals surface area contributed by atoms with Crippen LogP contribution in [0.25, 0.3) is 5.69 Å². The van der Waals surface area contributed by atoms with Crippen molar-refractivity contribution in [2.75, 3.05) is 23.3 Å². The molecule has 30 heavy (non-hydrogen) atoms. The largest absolute Gasteiger partial charge is 0.370 e. The molecule has 1 aliphatic rings. The minimum Gasteiger partial charge on any atom is -0.370 e. The van der Waals surface area contributed by atoms with Gasteiger partial charge in [-0.2, -0.15) is 5.10 Å². The maximum atomic E-state index is 13.1. The summed E-state index contributed by atoms with van der Waals surface area (Å²) in [6.45, 7) is 3.65. The second kappa shape index (κ2) is 8.20. The van der Waals surface area contributed by atoms with Crippen LogP contribution >= 0.6 is 11.6 Å². The highest BCUT2D eigenvalue weighted by molar-refractivity contribution is 6.30. The van der Waals surface area contributed by atoms with Crippen LogP contribution in [0.5, 0.6) is 0 Å². The summed E-state index contributed by atoms with van der Waals surface area (Å²) in [4.78, 5) is 26.9. The molecule has 4 rings (SSSR count). The van der Waals surface area contributed by atoms with E-state index in [1.54, 1.807) is 28.9 Å². The average Bonchev–Trinajstić information content (AvgIpc) is 3.38. The number of nitrogens with zero attached hydrogens (tertiary/aromatic N) is 3. The van der Waals surface area contributed by atoms with E-state index in [0.29, 0.717) is 27.5 Å². The lowest BCUT2D eigenvalue weighted by atomic mass is 10.1. The molecule has 2 amide bonds. The highest BCUT2D eigenvalue weighted by Gasteiger charge is 2.21. The molecule has 1 aromatic heterocycles. The van der Waals surface area contributed by atoms with Gasteiger partial charge in [-0.15, -0.1) is 0 Å². The van der Waals surface area contributed by atoms with Crippen molar-refractivity contribution in [1.29, 1.82) is 0 Å². The van der Waals surface area contributed by atoms with Gasteiger partial charge in [-0.05, 0) is 62.2 Å².